The van der Waals surface area contributed by atoms with E-state index in [0.29, 0.717) is 5.56 Å². The van der Waals surface area contributed by atoms with Gasteiger partial charge in [0.1, 0.15) is 0 Å². The molecule has 230 valence electrons. The van der Waals surface area contributed by atoms with Crippen molar-refractivity contribution in [2.24, 2.45) is 44.8 Å². The van der Waals surface area contributed by atoms with Crippen molar-refractivity contribution in [2.45, 2.75) is 93.6 Å². The highest BCUT2D eigenvalue weighted by Gasteiger charge is 2.89. The summed E-state index contributed by atoms with van der Waals surface area (Å²) < 4.78 is 0. The van der Waals surface area contributed by atoms with Gasteiger partial charge in [0.25, 0.3) is 0 Å². The van der Waals surface area contributed by atoms with E-state index in [9.17, 15) is 9.90 Å². The lowest BCUT2D eigenvalue weighted by Crippen LogP contribution is -2.86. The van der Waals surface area contributed by atoms with Crippen molar-refractivity contribution in [1.29, 1.82) is 0 Å². The predicted molar refractivity (Wildman–Crippen MR) is 168 cm³/mol. The van der Waals surface area contributed by atoms with Gasteiger partial charge in [0, 0.05) is 11.5 Å². The van der Waals surface area contributed by atoms with E-state index in [2.05, 4.69) is 26.5 Å². The first-order chi connectivity index (χ1) is 20.0. The third kappa shape index (κ3) is 3.85. The Morgan fingerprint density at radius 3 is 2.14 bits per heavy atom. The first-order valence-electron chi connectivity index (χ1n) is 15.8. The molecule has 5 aliphatic carbocycles. The number of hydrogen-bond donors (Lipinski definition) is 1. The Bertz CT molecular complexity index is 1470. The molecule has 5 nitrogen and oxygen atoms in total. The van der Waals surface area contributed by atoms with Gasteiger partial charge in [-0.15, -0.1) is 0 Å². The van der Waals surface area contributed by atoms with Crippen LogP contribution >= 0.6 is 0 Å². The Kier molecular flexibility index (Phi) is 7.37. The van der Waals surface area contributed by atoms with Gasteiger partial charge in [-0.1, -0.05) is 93.5 Å². The fourth-order valence-electron chi connectivity index (χ4n) is 9.82. The number of carbonyl (C=O) groups excluding carboxylic acids is 4. The van der Waals surface area contributed by atoms with Crippen molar-refractivity contribution in [1.82, 2.24) is 0 Å². The number of rotatable bonds is 8. The van der Waals surface area contributed by atoms with Gasteiger partial charge < -0.3 is 5.11 Å². The van der Waals surface area contributed by atoms with E-state index in [1.807, 2.05) is 47.6 Å². The van der Waals surface area contributed by atoms with Crippen molar-refractivity contribution in [2.75, 3.05) is 0 Å². The molecule has 0 heterocycles. The molecule has 0 aromatic heterocycles. The van der Waals surface area contributed by atoms with Crippen LogP contribution in [0.4, 0.5) is 0 Å². The minimum atomic E-state index is -2.01. The van der Waals surface area contributed by atoms with Crippen LogP contribution in [0, 0.1) is 44.8 Å². The summed E-state index contributed by atoms with van der Waals surface area (Å²) in [5.41, 5.74) is -3.46. The van der Waals surface area contributed by atoms with Gasteiger partial charge >= 0.3 is 0 Å². The SMILES string of the molecule is C=C(C)C1C[C@@]23C(=O)[C@@]4(C/C=C(\C)CCC=C(C)C)C[C@@H](C2C(O)C1(C)C)C(C)(C)[C@](C(=O)c1ccccc1)(C4=O)C3=O. The molecule has 5 heteroatoms. The van der Waals surface area contributed by atoms with Crippen molar-refractivity contribution in [3.63, 3.8) is 0 Å². The van der Waals surface area contributed by atoms with Gasteiger partial charge in [-0.3, -0.25) is 19.2 Å². The van der Waals surface area contributed by atoms with Crippen LogP contribution in [0.5, 0.6) is 0 Å². The lowest BCUT2D eigenvalue weighted by Gasteiger charge is -2.74. The summed E-state index contributed by atoms with van der Waals surface area (Å²) in [4.78, 5) is 60.2. The molecular weight excluding hydrogens is 536 g/mol. The topological polar surface area (TPSA) is 88.5 Å². The van der Waals surface area contributed by atoms with E-state index in [4.69, 9.17) is 0 Å². The summed E-state index contributed by atoms with van der Waals surface area (Å²) >= 11 is 0. The molecule has 0 aliphatic heterocycles. The summed E-state index contributed by atoms with van der Waals surface area (Å²) in [5.74, 6) is -3.39. The van der Waals surface area contributed by atoms with Crippen molar-refractivity contribution < 1.29 is 24.3 Å². The summed E-state index contributed by atoms with van der Waals surface area (Å²) in [6, 6.07) is 8.58. The zero-order chi connectivity index (χ0) is 31.9. The van der Waals surface area contributed by atoms with E-state index in [-0.39, 0.29) is 36.9 Å². The largest absolute Gasteiger partial charge is 0.392 e. The van der Waals surface area contributed by atoms with Gasteiger partial charge in [0.15, 0.2) is 28.5 Å². The van der Waals surface area contributed by atoms with Crippen LogP contribution in [0.1, 0.15) is 97.9 Å². The van der Waals surface area contributed by atoms with E-state index < -0.39 is 56.4 Å². The highest BCUT2D eigenvalue weighted by molar-refractivity contribution is 6.42. The zero-order valence-electron chi connectivity index (χ0n) is 27.2. The maximum atomic E-state index is 15.3. The number of allylic oxidation sites excluding steroid dienone is 5. The molecular formula is C38H48O5. The first-order valence-corrected chi connectivity index (χ1v) is 15.8. The highest BCUT2D eigenvalue weighted by atomic mass is 16.3. The first kappa shape index (κ1) is 31.5. The monoisotopic (exact) mass is 584 g/mol. The van der Waals surface area contributed by atoms with Crippen LogP contribution in [0.15, 0.2) is 65.8 Å². The second-order valence-corrected chi connectivity index (χ2v) is 15.5. The maximum absolute atomic E-state index is 15.3. The summed E-state index contributed by atoms with van der Waals surface area (Å²) in [6.45, 7) is 19.9. The fourth-order valence-corrected chi connectivity index (χ4v) is 9.82. The number of Topliss-reactive ketones (excluding diaryl/α,β-unsaturated/α-hetero) is 4. The Balaban J connectivity index is 1.76. The lowest BCUT2D eigenvalue weighted by atomic mass is 9.24. The Hall–Kier alpha value is -2.92. The number of aliphatic hydroxyl groups is 1. The van der Waals surface area contributed by atoms with Crippen molar-refractivity contribution in [3.05, 3.63) is 71.3 Å². The van der Waals surface area contributed by atoms with E-state index in [0.717, 1.165) is 24.0 Å². The van der Waals surface area contributed by atoms with Gasteiger partial charge in [0.2, 0.25) is 0 Å². The highest BCUT2D eigenvalue weighted by Crippen LogP contribution is 2.78. The summed E-state index contributed by atoms with van der Waals surface area (Å²) in [7, 11) is 0. The van der Waals surface area contributed by atoms with Crippen LogP contribution in [0.3, 0.4) is 0 Å². The maximum Gasteiger partial charge on any atom is 0.184 e. The smallest absolute Gasteiger partial charge is 0.184 e. The Morgan fingerprint density at radius 2 is 1.56 bits per heavy atom. The third-order valence-electron chi connectivity index (χ3n) is 12.2. The molecule has 1 aromatic carbocycles. The van der Waals surface area contributed by atoms with E-state index in [1.54, 1.807) is 30.3 Å². The normalized spacial score (nSPS) is 37.2. The quantitative estimate of drug-likeness (QED) is 0.197. The van der Waals surface area contributed by atoms with Crippen LogP contribution in [-0.2, 0) is 14.4 Å². The molecule has 5 aliphatic rings. The van der Waals surface area contributed by atoms with Crippen LogP contribution in [0.25, 0.3) is 0 Å². The van der Waals surface area contributed by atoms with Gasteiger partial charge in [-0.05, 0) is 82.5 Å². The molecule has 5 saturated carbocycles. The molecule has 5 fully saturated rings. The minimum absolute atomic E-state index is 0.167. The summed E-state index contributed by atoms with van der Waals surface area (Å²) in [6.07, 6.45) is 5.41. The average Bonchev–Trinajstić information content (AvgIpc) is 2.93. The average molecular weight is 585 g/mol. The molecule has 7 atom stereocenters. The molecule has 43 heavy (non-hydrogen) atoms. The molecule has 0 radical (unpaired) electrons. The van der Waals surface area contributed by atoms with Gasteiger partial charge in [-0.2, -0.15) is 0 Å². The number of benzene rings is 1. The molecule has 0 saturated heterocycles. The van der Waals surface area contributed by atoms with Gasteiger partial charge in [-0.25, -0.2) is 0 Å². The standard InChI is InChI=1S/C38H48O5/c1-22(2)14-13-15-24(5)18-19-36-20-27-28-30(40)34(6,7)26(23(3)4)21-37(28,31(36)41)33(43)38(32(36)42,35(27,8)9)29(39)25-16-11-10-12-17-25/h10-12,14,16-18,26-28,30,40H,3,13,15,19-21H2,1-2,4-9H3/b24-18+/t26?,27-,28?,30?,36+,37-,38+/m0/s1. The molecule has 6 rings (SSSR count). The second-order valence-electron chi connectivity index (χ2n) is 15.5. The molecule has 1 N–H and O–H groups in total. The number of aliphatic hydroxyl groups excluding tert-OH is 1. The molecule has 3 unspecified atom stereocenters. The molecule has 1 spiro atoms. The van der Waals surface area contributed by atoms with Gasteiger partial charge in [0.05, 0.1) is 16.9 Å². The van der Waals surface area contributed by atoms with Crippen LogP contribution in [0.2, 0.25) is 0 Å². The Labute approximate surface area is 256 Å². The van der Waals surface area contributed by atoms with Crippen molar-refractivity contribution >= 4 is 23.1 Å². The van der Waals surface area contributed by atoms with E-state index >= 15 is 14.4 Å². The number of ketones is 4. The second kappa shape index (κ2) is 10.1. The molecule has 4 bridgehead atoms. The van der Waals surface area contributed by atoms with Crippen molar-refractivity contribution in [3.8, 4) is 0 Å². The Morgan fingerprint density at radius 1 is 0.930 bits per heavy atom. The summed E-state index contributed by atoms with van der Waals surface area (Å²) in [5, 5.41) is 12.1. The molecule has 1 aromatic rings. The fraction of sp³-hybridized carbons (Fsp3) is 0.579. The minimum Gasteiger partial charge on any atom is -0.392 e. The number of hydrogen-bond acceptors (Lipinski definition) is 5. The van der Waals surface area contributed by atoms with Crippen LogP contribution < -0.4 is 0 Å². The molecule has 0 amide bonds. The lowest BCUT2D eigenvalue weighted by molar-refractivity contribution is -0.245. The zero-order valence-corrected chi connectivity index (χ0v) is 27.2. The number of carbonyl (C=O) groups is 4. The van der Waals surface area contributed by atoms with Crippen LogP contribution in [-0.4, -0.2) is 34.3 Å². The predicted octanol–water partition coefficient (Wildman–Crippen LogP) is 7.29. The van der Waals surface area contributed by atoms with E-state index in [1.165, 1.54) is 5.57 Å². The third-order valence-corrected chi connectivity index (χ3v) is 12.2.